The number of benzene rings is 3. The first-order valence-corrected chi connectivity index (χ1v) is 10.3. The lowest BCUT2D eigenvalue weighted by molar-refractivity contribution is -0.139. The first-order chi connectivity index (χ1) is 15.1. The fraction of sp³-hybridized carbons (Fsp3) is 0.231. The molecule has 0 aromatic heterocycles. The molecule has 0 unspecified atom stereocenters. The molecule has 2 aliphatic rings. The van der Waals surface area contributed by atoms with E-state index in [1.54, 1.807) is 0 Å². The van der Waals surface area contributed by atoms with Crippen molar-refractivity contribution in [3.05, 3.63) is 83.2 Å². The van der Waals surface area contributed by atoms with Crippen LogP contribution in [0.15, 0.2) is 60.7 Å². The summed E-state index contributed by atoms with van der Waals surface area (Å²) in [6.07, 6.45) is -2.74. The van der Waals surface area contributed by atoms with E-state index in [0.29, 0.717) is 6.61 Å². The Hall–Kier alpha value is -3.28. The smallest absolute Gasteiger partial charge is 0.419 e. The molecule has 0 bridgehead atoms. The number of hydrogen-bond acceptors (Lipinski definition) is 2. The molecule has 0 spiro atoms. The molecule has 0 aliphatic carbocycles. The summed E-state index contributed by atoms with van der Waals surface area (Å²) in [7, 11) is 0. The lowest BCUT2D eigenvalue weighted by Gasteiger charge is -2.44. The largest absolute Gasteiger partial charge is 0.488 e. The van der Waals surface area contributed by atoms with Crippen LogP contribution in [0.3, 0.4) is 0 Å². The molecule has 2 heterocycles. The van der Waals surface area contributed by atoms with Crippen LogP contribution in [-0.4, -0.2) is 5.54 Å². The van der Waals surface area contributed by atoms with E-state index >= 15 is 0 Å². The molecule has 0 saturated heterocycles. The maximum atomic E-state index is 14.0. The molecule has 164 valence electrons. The molecule has 32 heavy (non-hydrogen) atoms. The number of anilines is 2. The topological polar surface area (TPSA) is 12.5 Å². The highest BCUT2D eigenvalue weighted by atomic mass is 19.4. The molecule has 6 heteroatoms. The normalized spacial score (nSPS) is 16.5. The van der Waals surface area contributed by atoms with Gasteiger partial charge >= 0.3 is 6.18 Å². The van der Waals surface area contributed by atoms with Crippen LogP contribution in [-0.2, 0) is 12.8 Å². The number of nitrogens with zero attached hydrogens (tertiary/aromatic N) is 1. The van der Waals surface area contributed by atoms with E-state index in [1.807, 2.05) is 68.1 Å². The van der Waals surface area contributed by atoms with Crippen molar-refractivity contribution < 1.29 is 22.3 Å². The molecular formula is C26H21F4NO. The van der Waals surface area contributed by atoms with Crippen LogP contribution in [0.25, 0.3) is 16.7 Å². The first-order valence-electron chi connectivity index (χ1n) is 10.3. The van der Waals surface area contributed by atoms with E-state index < -0.39 is 23.1 Å². The first kappa shape index (κ1) is 20.6. The highest BCUT2D eigenvalue weighted by molar-refractivity contribution is 5.92. The Labute approximate surface area is 183 Å². The molecule has 5 rings (SSSR count). The van der Waals surface area contributed by atoms with Crippen molar-refractivity contribution in [1.29, 1.82) is 0 Å². The summed E-state index contributed by atoms with van der Waals surface area (Å²) in [5, 5.41) is 0. The zero-order valence-corrected chi connectivity index (χ0v) is 17.8. The Kier molecular flexibility index (Phi) is 4.42. The zero-order chi connectivity index (χ0) is 22.8. The van der Waals surface area contributed by atoms with Crippen LogP contribution >= 0.6 is 0 Å². The van der Waals surface area contributed by atoms with Gasteiger partial charge < -0.3 is 9.64 Å². The van der Waals surface area contributed by atoms with Gasteiger partial charge in [0.25, 0.3) is 0 Å². The van der Waals surface area contributed by atoms with Gasteiger partial charge in [-0.1, -0.05) is 30.3 Å². The van der Waals surface area contributed by atoms with Crippen LogP contribution in [0.2, 0.25) is 0 Å². The maximum Gasteiger partial charge on any atom is 0.419 e. The van der Waals surface area contributed by atoms with Crippen molar-refractivity contribution in [1.82, 2.24) is 0 Å². The molecule has 0 fully saturated rings. The second-order valence-corrected chi connectivity index (χ2v) is 8.75. The molecule has 3 aromatic rings. The second kappa shape index (κ2) is 6.86. The Morgan fingerprint density at radius 2 is 1.72 bits per heavy atom. The summed E-state index contributed by atoms with van der Waals surface area (Å²) < 4.78 is 60.3. The van der Waals surface area contributed by atoms with Crippen LogP contribution < -0.4 is 9.64 Å². The van der Waals surface area contributed by atoms with Crippen molar-refractivity contribution in [2.45, 2.75) is 39.1 Å². The molecule has 2 nitrogen and oxygen atoms in total. The molecule has 0 amide bonds. The van der Waals surface area contributed by atoms with Gasteiger partial charge in [-0.2, -0.15) is 13.2 Å². The number of rotatable bonds is 1. The number of halogens is 4. The Bertz CT molecular complexity index is 1270. The second-order valence-electron chi connectivity index (χ2n) is 8.75. The van der Waals surface area contributed by atoms with E-state index in [0.717, 1.165) is 51.4 Å². The van der Waals surface area contributed by atoms with Gasteiger partial charge in [0.1, 0.15) is 18.2 Å². The minimum absolute atomic E-state index is 0.283. The van der Waals surface area contributed by atoms with Crippen molar-refractivity contribution in [2.75, 3.05) is 4.90 Å². The van der Waals surface area contributed by atoms with Gasteiger partial charge in [0.05, 0.1) is 11.1 Å². The van der Waals surface area contributed by atoms with Crippen LogP contribution in [0.1, 0.15) is 37.5 Å². The van der Waals surface area contributed by atoms with Crippen molar-refractivity contribution in [2.24, 2.45) is 0 Å². The van der Waals surface area contributed by atoms with Crippen molar-refractivity contribution in [3.8, 4) is 16.9 Å². The van der Waals surface area contributed by atoms with Crippen LogP contribution in [0.5, 0.6) is 5.75 Å². The summed E-state index contributed by atoms with van der Waals surface area (Å²) in [5.74, 6) is -0.471. The molecule has 0 saturated carbocycles. The average Bonchev–Trinajstić information content (AvgIpc) is 2.72. The third-order valence-corrected chi connectivity index (χ3v) is 6.13. The van der Waals surface area contributed by atoms with E-state index in [1.165, 1.54) is 6.07 Å². The number of allylic oxidation sites excluding steroid dienone is 1. The minimum Gasteiger partial charge on any atom is -0.488 e. The third kappa shape index (κ3) is 3.08. The number of alkyl halides is 3. The van der Waals surface area contributed by atoms with Crippen LogP contribution in [0, 0.1) is 5.82 Å². The molecule has 0 N–H and O–H groups in total. The molecular weight excluding hydrogens is 418 g/mol. The lowest BCUT2D eigenvalue weighted by Crippen LogP contribution is -2.42. The van der Waals surface area contributed by atoms with E-state index in [9.17, 15) is 17.6 Å². The zero-order valence-electron chi connectivity index (χ0n) is 17.8. The number of fused-ring (bicyclic) bond motifs is 5. The Morgan fingerprint density at radius 3 is 2.47 bits per heavy atom. The SMILES string of the molecule is CC1=CC(C)(C)N(c2ccc(F)c(C(F)(F)F)c2)c2ccc3c(c21)COc1ccccc1-3. The van der Waals surface area contributed by atoms with Gasteiger partial charge in [-0.05, 0) is 62.2 Å². The average molecular weight is 439 g/mol. The Balaban J connectivity index is 1.74. The maximum absolute atomic E-state index is 14.0. The molecule has 3 aromatic carbocycles. The summed E-state index contributed by atoms with van der Waals surface area (Å²) >= 11 is 0. The van der Waals surface area contributed by atoms with Gasteiger partial charge in [0, 0.05) is 28.1 Å². The van der Waals surface area contributed by atoms with E-state index in [2.05, 4.69) is 0 Å². The predicted molar refractivity (Wildman–Crippen MR) is 117 cm³/mol. The third-order valence-electron chi connectivity index (χ3n) is 6.13. The fourth-order valence-electron chi connectivity index (χ4n) is 4.95. The summed E-state index contributed by atoms with van der Waals surface area (Å²) in [4.78, 5) is 1.84. The highest BCUT2D eigenvalue weighted by Crippen LogP contribution is 2.50. The summed E-state index contributed by atoms with van der Waals surface area (Å²) in [5.41, 5.74) is 4.16. The number of para-hydroxylation sites is 1. The van der Waals surface area contributed by atoms with Crippen LogP contribution in [0.4, 0.5) is 28.9 Å². The molecule has 0 radical (unpaired) electrons. The fourth-order valence-corrected chi connectivity index (χ4v) is 4.95. The van der Waals surface area contributed by atoms with Crippen molar-refractivity contribution >= 4 is 16.9 Å². The summed E-state index contributed by atoms with van der Waals surface area (Å²) in [6.45, 7) is 6.24. The van der Waals surface area contributed by atoms with Gasteiger partial charge in [-0.25, -0.2) is 4.39 Å². The van der Waals surface area contributed by atoms with Gasteiger partial charge in [-0.15, -0.1) is 0 Å². The summed E-state index contributed by atoms with van der Waals surface area (Å²) in [6, 6.07) is 14.9. The molecule has 2 aliphatic heterocycles. The van der Waals surface area contributed by atoms with E-state index in [4.69, 9.17) is 4.74 Å². The predicted octanol–water partition coefficient (Wildman–Crippen LogP) is 7.74. The monoisotopic (exact) mass is 439 g/mol. The Morgan fingerprint density at radius 1 is 0.969 bits per heavy atom. The van der Waals surface area contributed by atoms with E-state index in [-0.39, 0.29) is 5.69 Å². The number of hydrogen-bond donors (Lipinski definition) is 0. The highest BCUT2D eigenvalue weighted by Gasteiger charge is 2.38. The quantitative estimate of drug-likeness (QED) is 0.360. The molecule has 0 atom stereocenters. The minimum atomic E-state index is -4.78. The van der Waals surface area contributed by atoms with Gasteiger partial charge in [0.2, 0.25) is 0 Å². The standard InChI is InChI=1S/C26H21F4NO/c1-15-13-25(2,3)31(16-8-10-21(27)20(12-16)26(28,29)30)22-11-9-17-18-6-4-5-7-23(18)32-14-19(17)24(15)22/h4-13H,14H2,1-3H3. The lowest BCUT2D eigenvalue weighted by atomic mass is 9.82. The van der Waals surface area contributed by atoms with Crippen molar-refractivity contribution in [3.63, 3.8) is 0 Å². The van der Waals surface area contributed by atoms with Gasteiger partial charge in [0.15, 0.2) is 0 Å². The van der Waals surface area contributed by atoms with Gasteiger partial charge in [-0.3, -0.25) is 0 Å². The number of ether oxygens (including phenoxy) is 1.